The van der Waals surface area contributed by atoms with Crippen LogP contribution in [0.3, 0.4) is 0 Å². The zero-order valence-corrected chi connectivity index (χ0v) is 18.0. The Morgan fingerprint density at radius 1 is 1.10 bits per heavy atom. The van der Waals surface area contributed by atoms with Gasteiger partial charge in [-0.1, -0.05) is 42.5 Å². The van der Waals surface area contributed by atoms with Gasteiger partial charge in [-0.2, -0.15) is 13.2 Å². The molecule has 0 aromatic heterocycles. The quantitative estimate of drug-likeness (QED) is 0.293. The third-order valence-corrected chi connectivity index (χ3v) is 6.90. The topological polar surface area (TPSA) is 65.1 Å². The predicted octanol–water partition coefficient (Wildman–Crippen LogP) is 5.91. The van der Waals surface area contributed by atoms with Gasteiger partial charge in [0.05, 0.1) is 13.2 Å². The molecule has 0 heterocycles. The van der Waals surface area contributed by atoms with Crippen LogP contribution in [-0.2, 0) is 25.0 Å². The van der Waals surface area contributed by atoms with Crippen LogP contribution in [0.15, 0.2) is 55.6 Å². The smallest absolute Gasteiger partial charge is 0.423 e. The van der Waals surface area contributed by atoms with Crippen molar-refractivity contribution < 1.29 is 36.3 Å². The van der Waals surface area contributed by atoms with E-state index in [1.54, 1.807) is 30.3 Å². The van der Waals surface area contributed by atoms with Crippen LogP contribution < -0.4 is 0 Å². The maximum atomic E-state index is 14.5. The monoisotopic (exact) mass is 449 g/mol. The van der Waals surface area contributed by atoms with E-state index < -0.39 is 38.1 Å². The fourth-order valence-corrected chi connectivity index (χ4v) is 5.19. The maximum absolute atomic E-state index is 14.5. The number of ether oxygens (including phenoxy) is 1. The van der Waals surface area contributed by atoms with E-state index in [0.29, 0.717) is 10.5 Å². The first kappa shape index (κ1) is 25.9. The van der Waals surface area contributed by atoms with Crippen molar-refractivity contribution in [2.24, 2.45) is 0 Å². The van der Waals surface area contributed by atoms with Crippen molar-refractivity contribution in [2.75, 3.05) is 19.8 Å². The van der Waals surface area contributed by atoms with Gasteiger partial charge in [-0.3, -0.25) is 9.46 Å². The number of carbonyl (C=O) groups is 1. The van der Waals surface area contributed by atoms with Gasteiger partial charge in [-0.15, -0.1) is 13.2 Å². The molecule has 0 radical (unpaired) electrons. The van der Waals surface area contributed by atoms with Gasteiger partial charge >= 0.3 is 19.9 Å². The molecule has 0 spiro atoms. The molecule has 0 aliphatic heterocycles. The lowest BCUT2D eigenvalue weighted by atomic mass is 10.1. The highest BCUT2D eigenvalue weighted by Gasteiger charge is 2.72. The third kappa shape index (κ3) is 5.53. The van der Waals surface area contributed by atoms with Crippen molar-refractivity contribution in [3.05, 3.63) is 61.2 Å². The molecular weight excluding hydrogens is 422 g/mol. The van der Waals surface area contributed by atoms with Crippen molar-refractivity contribution in [3.63, 3.8) is 0 Å². The molecule has 1 aromatic rings. The van der Waals surface area contributed by atoms with E-state index in [-0.39, 0.29) is 19.8 Å². The summed E-state index contributed by atoms with van der Waals surface area (Å²) in [4.78, 5) is 13.1. The van der Waals surface area contributed by atoms with Crippen LogP contribution in [0.25, 0.3) is 0 Å². The molecule has 1 amide bonds. The van der Waals surface area contributed by atoms with Crippen LogP contribution >= 0.6 is 7.60 Å². The number of amides is 1. The summed E-state index contributed by atoms with van der Waals surface area (Å²) in [6, 6.07) is 8.43. The Balaban J connectivity index is 3.53. The zero-order chi connectivity index (χ0) is 22.8. The summed E-state index contributed by atoms with van der Waals surface area (Å²) in [7, 11) is -4.95. The van der Waals surface area contributed by atoms with Crippen molar-refractivity contribution in [2.45, 2.75) is 38.3 Å². The van der Waals surface area contributed by atoms with Gasteiger partial charge in [0.2, 0.25) is 5.28 Å². The highest BCUT2D eigenvalue weighted by molar-refractivity contribution is 7.55. The first-order valence-corrected chi connectivity index (χ1v) is 10.8. The van der Waals surface area contributed by atoms with Crippen LogP contribution in [0.5, 0.6) is 0 Å². The number of rotatable bonds is 12. The Hall–Kier alpha value is -2.09. The predicted molar refractivity (Wildman–Crippen MR) is 108 cm³/mol. The molecule has 0 bridgehead atoms. The van der Waals surface area contributed by atoms with E-state index in [9.17, 15) is 22.5 Å². The van der Waals surface area contributed by atoms with Crippen LogP contribution in [0.4, 0.5) is 18.0 Å². The summed E-state index contributed by atoms with van der Waals surface area (Å²) in [5, 5.41) is -3.34. The van der Waals surface area contributed by atoms with Gasteiger partial charge in [0, 0.05) is 13.0 Å². The highest BCUT2D eigenvalue weighted by atomic mass is 31.2. The first-order valence-electron chi connectivity index (χ1n) is 9.29. The molecule has 30 heavy (non-hydrogen) atoms. The van der Waals surface area contributed by atoms with E-state index >= 15 is 0 Å². The van der Waals surface area contributed by atoms with Gasteiger partial charge in [-0.05, 0) is 19.4 Å². The molecule has 10 heteroatoms. The van der Waals surface area contributed by atoms with Gasteiger partial charge in [0.25, 0.3) is 0 Å². The van der Waals surface area contributed by atoms with Crippen molar-refractivity contribution in [1.29, 1.82) is 0 Å². The summed E-state index contributed by atoms with van der Waals surface area (Å²) < 4.78 is 72.3. The van der Waals surface area contributed by atoms with E-state index in [2.05, 4.69) is 13.2 Å². The van der Waals surface area contributed by atoms with E-state index in [4.69, 9.17) is 13.8 Å². The molecule has 0 saturated carbocycles. The standard InChI is InChI=1S/C20H27F3NO5P/c1-5-14-19(20(21,22)23,30(26,28-7-3)29-8-4)24(15-6-2)18(25)27-16-17-12-10-9-11-13-17/h5-6,9-13H,1-2,7-8,14-16H2,3-4H3. The minimum Gasteiger partial charge on any atom is -0.445 e. The number of hydrogen-bond donors (Lipinski definition) is 0. The van der Waals surface area contributed by atoms with Crippen molar-refractivity contribution >= 4 is 13.7 Å². The van der Waals surface area contributed by atoms with Crippen LogP contribution in [0, 0.1) is 0 Å². The summed E-state index contributed by atoms with van der Waals surface area (Å²) in [6.45, 7) is 8.00. The van der Waals surface area contributed by atoms with Crippen LogP contribution in [-0.4, -0.2) is 42.2 Å². The maximum Gasteiger partial charge on any atom is 0.423 e. The summed E-state index contributed by atoms with van der Waals surface area (Å²) in [6.07, 6.45) is -5.47. The number of alkyl halides is 3. The Morgan fingerprint density at radius 2 is 1.67 bits per heavy atom. The number of halogens is 3. The van der Waals surface area contributed by atoms with E-state index in [0.717, 1.165) is 12.2 Å². The molecule has 0 fully saturated rings. The normalized spacial score (nSPS) is 13.9. The Labute approximate surface area is 174 Å². The number of nitrogens with zero attached hydrogens (tertiary/aromatic N) is 1. The molecule has 0 saturated heterocycles. The Bertz CT molecular complexity index is 747. The lowest BCUT2D eigenvalue weighted by Gasteiger charge is -2.45. The minimum atomic E-state index is -5.20. The second kappa shape index (κ2) is 11.3. The zero-order valence-electron chi connectivity index (χ0n) is 17.1. The fourth-order valence-electron chi connectivity index (χ4n) is 2.89. The van der Waals surface area contributed by atoms with Crippen molar-refractivity contribution in [3.8, 4) is 0 Å². The van der Waals surface area contributed by atoms with Gasteiger partial charge in [-0.25, -0.2) is 4.79 Å². The summed E-state index contributed by atoms with van der Waals surface area (Å²) in [5.74, 6) is 0. The second-order valence-corrected chi connectivity index (χ2v) is 8.33. The summed E-state index contributed by atoms with van der Waals surface area (Å²) >= 11 is 0. The highest BCUT2D eigenvalue weighted by Crippen LogP contribution is 2.68. The molecule has 0 aliphatic carbocycles. The molecule has 6 nitrogen and oxygen atoms in total. The number of hydrogen-bond acceptors (Lipinski definition) is 5. The average molecular weight is 449 g/mol. The molecular formula is C20H27F3NO5P. The van der Waals surface area contributed by atoms with Gasteiger partial charge in [0.15, 0.2) is 0 Å². The molecule has 1 atom stereocenters. The SMILES string of the molecule is C=CCN(C(=O)OCc1ccccc1)C(CC=C)(C(F)(F)F)P(=O)(OCC)OCC. The largest absolute Gasteiger partial charge is 0.445 e. The van der Waals surface area contributed by atoms with Crippen LogP contribution in [0.2, 0.25) is 0 Å². The molecule has 0 N–H and O–H groups in total. The average Bonchev–Trinajstić information content (AvgIpc) is 2.69. The van der Waals surface area contributed by atoms with Gasteiger partial charge in [0.1, 0.15) is 6.61 Å². The summed E-state index contributed by atoms with van der Waals surface area (Å²) in [5.41, 5.74) is 0.573. The third-order valence-electron chi connectivity index (χ3n) is 4.12. The van der Waals surface area contributed by atoms with E-state index in [1.807, 2.05) is 0 Å². The lowest BCUT2D eigenvalue weighted by Crippen LogP contribution is -2.61. The van der Waals surface area contributed by atoms with E-state index in [1.165, 1.54) is 13.8 Å². The second-order valence-electron chi connectivity index (χ2n) is 6.08. The van der Waals surface area contributed by atoms with Crippen molar-refractivity contribution in [1.82, 2.24) is 4.90 Å². The first-order chi connectivity index (χ1) is 14.1. The molecule has 1 aromatic carbocycles. The van der Waals surface area contributed by atoms with Crippen LogP contribution in [0.1, 0.15) is 25.8 Å². The number of carbonyl (C=O) groups excluding carboxylic acids is 1. The Kier molecular flexibility index (Phi) is 9.81. The fraction of sp³-hybridized carbons (Fsp3) is 0.450. The lowest BCUT2D eigenvalue weighted by molar-refractivity contribution is -0.201. The van der Waals surface area contributed by atoms with Gasteiger partial charge < -0.3 is 13.8 Å². The Morgan fingerprint density at radius 3 is 2.10 bits per heavy atom. The number of benzene rings is 1. The molecule has 0 aliphatic rings. The molecule has 1 unspecified atom stereocenters. The molecule has 1 rings (SSSR count). The minimum absolute atomic E-state index is 0.275. The molecule has 168 valence electrons.